The molecule has 2 amide bonds. The molecule has 1 N–H and O–H groups in total. The Bertz CT molecular complexity index is 750. The average molecular weight is 336 g/mol. The van der Waals surface area contributed by atoms with Crippen LogP contribution < -0.4 is 10.2 Å². The maximum absolute atomic E-state index is 12.7. The van der Waals surface area contributed by atoms with Gasteiger partial charge in [-0.15, -0.1) is 0 Å². The predicted molar refractivity (Wildman–Crippen MR) is 101 cm³/mol. The Hall–Kier alpha value is -2.62. The minimum absolute atomic E-state index is 0.161. The van der Waals surface area contributed by atoms with Gasteiger partial charge in [-0.05, 0) is 49.6 Å². The van der Waals surface area contributed by atoms with E-state index in [1.165, 1.54) is 23.3 Å². The van der Waals surface area contributed by atoms with Gasteiger partial charge in [-0.1, -0.05) is 43.2 Å². The molecule has 0 aromatic heterocycles. The van der Waals surface area contributed by atoms with Crippen LogP contribution in [0.1, 0.15) is 37.3 Å². The van der Waals surface area contributed by atoms with Gasteiger partial charge >= 0.3 is 0 Å². The molecule has 4 nitrogen and oxygen atoms in total. The molecule has 25 heavy (non-hydrogen) atoms. The van der Waals surface area contributed by atoms with E-state index in [9.17, 15) is 9.59 Å². The zero-order chi connectivity index (χ0) is 17.8. The zero-order valence-corrected chi connectivity index (χ0v) is 14.8. The Morgan fingerprint density at radius 2 is 1.72 bits per heavy atom. The van der Waals surface area contributed by atoms with Crippen molar-refractivity contribution in [2.24, 2.45) is 0 Å². The van der Waals surface area contributed by atoms with Gasteiger partial charge < -0.3 is 5.32 Å². The quantitative estimate of drug-likeness (QED) is 0.809. The van der Waals surface area contributed by atoms with Crippen LogP contribution in [0, 0.1) is 6.92 Å². The Labute approximate surface area is 148 Å². The number of benzene rings is 2. The molecular formula is C21H24N2O2. The second-order valence-corrected chi connectivity index (χ2v) is 6.60. The van der Waals surface area contributed by atoms with Crippen LogP contribution in [0.5, 0.6) is 0 Å². The number of amides is 2. The fourth-order valence-electron chi connectivity index (χ4n) is 3.06. The van der Waals surface area contributed by atoms with Crippen LogP contribution in [0.4, 0.5) is 11.4 Å². The van der Waals surface area contributed by atoms with Crippen LogP contribution >= 0.6 is 0 Å². The summed E-state index contributed by atoms with van der Waals surface area (Å²) >= 11 is 0. The first-order valence-corrected chi connectivity index (χ1v) is 8.87. The molecule has 2 aromatic rings. The molecule has 1 saturated heterocycles. The fraction of sp³-hybridized carbons (Fsp3) is 0.333. The van der Waals surface area contributed by atoms with Gasteiger partial charge in [0.25, 0.3) is 5.91 Å². The highest BCUT2D eigenvalue weighted by Gasteiger charge is 2.39. The Kier molecular flexibility index (Phi) is 5.17. The Morgan fingerprint density at radius 3 is 2.36 bits per heavy atom. The van der Waals surface area contributed by atoms with E-state index in [4.69, 9.17) is 0 Å². The summed E-state index contributed by atoms with van der Waals surface area (Å²) in [6.45, 7) is 4.16. The molecule has 0 bridgehead atoms. The van der Waals surface area contributed by atoms with Crippen molar-refractivity contribution >= 4 is 23.2 Å². The molecule has 130 valence electrons. The predicted octanol–water partition coefficient (Wildman–Crippen LogP) is 4.08. The third-order valence-corrected chi connectivity index (χ3v) is 4.55. The summed E-state index contributed by atoms with van der Waals surface area (Å²) < 4.78 is 0. The van der Waals surface area contributed by atoms with Crippen molar-refractivity contribution in [3.05, 3.63) is 59.7 Å². The molecule has 1 atom stereocenters. The number of nitrogens with zero attached hydrogens (tertiary/aromatic N) is 1. The first kappa shape index (κ1) is 17.2. The molecular weight excluding hydrogens is 312 g/mol. The van der Waals surface area contributed by atoms with Crippen LogP contribution in [0.3, 0.4) is 0 Å². The van der Waals surface area contributed by atoms with E-state index in [0.29, 0.717) is 5.69 Å². The fourth-order valence-corrected chi connectivity index (χ4v) is 3.06. The molecule has 1 aliphatic heterocycles. The minimum atomic E-state index is -0.504. The lowest BCUT2D eigenvalue weighted by Crippen LogP contribution is -2.34. The van der Waals surface area contributed by atoms with E-state index in [0.717, 1.165) is 17.7 Å². The van der Waals surface area contributed by atoms with Crippen molar-refractivity contribution in [1.29, 1.82) is 0 Å². The topological polar surface area (TPSA) is 49.4 Å². The summed E-state index contributed by atoms with van der Waals surface area (Å²) in [4.78, 5) is 26.2. The van der Waals surface area contributed by atoms with E-state index in [1.807, 2.05) is 43.3 Å². The molecule has 1 aliphatic rings. The van der Waals surface area contributed by atoms with E-state index < -0.39 is 6.04 Å². The average Bonchev–Trinajstić information content (AvgIpc) is 2.89. The lowest BCUT2D eigenvalue weighted by molar-refractivity contribution is -0.121. The molecule has 1 heterocycles. The summed E-state index contributed by atoms with van der Waals surface area (Å²) in [5, 5.41) is 3.20. The van der Waals surface area contributed by atoms with Crippen molar-refractivity contribution in [2.45, 2.75) is 45.6 Å². The highest BCUT2D eigenvalue weighted by molar-refractivity contribution is 6.23. The summed E-state index contributed by atoms with van der Waals surface area (Å²) in [6, 6.07) is 15.1. The van der Waals surface area contributed by atoms with Gasteiger partial charge in [0.2, 0.25) is 5.91 Å². The minimum Gasteiger partial charge on any atom is -0.373 e. The lowest BCUT2D eigenvalue weighted by atomic mass is 10.1. The van der Waals surface area contributed by atoms with Gasteiger partial charge in [0.15, 0.2) is 0 Å². The van der Waals surface area contributed by atoms with Crippen molar-refractivity contribution in [3.63, 3.8) is 0 Å². The standard InChI is InChI=1S/C21H24N2O2/c1-3-4-5-16-8-10-17(11-9-16)22-19-14-20(24)23(21(19)25)18-12-6-15(2)7-13-18/h6-13,19,22H,3-5,14H2,1-2H3. The largest absolute Gasteiger partial charge is 0.373 e. The highest BCUT2D eigenvalue weighted by Crippen LogP contribution is 2.25. The zero-order valence-electron chi connectivity index (χ0n) is 14.8. The molecule has 2 aromatic carbocycles. The van der Waals surface area contributed by atoms with Crippen molar-refractivity contribution in [2.75, 3.05) is 10.2 Å². The summed E-state index contributed by atoms with van der Waals surface area (Å²) in [7, 11) is 0. The van der Waals surface area contributed by atoms with E-state index in [-0.39, 0.29) is 18.2 Å². The van der Waals surface area contributed by atoms with Crippen LogP contribution in [0.15, 0.2) is 48.5 Å². The molecule has 0 saturated carbocycles. The second kappa shape index (κ2) is 7.51. The van der Waals surface area contributed by atoms with E-state index in [1.54, 1.807) is 0 Å². The third kappa shape index (κ3) is 3.90. The number of carbonyl (C=O) groups is 2. The van der Waals surface area contributed by atoms with Gasteiger partial charge in [0.1, 0.15) is 6.04 Å². The number of hydrogen-bond donors (Lipinski definition) is 1. The maximum atomic E-state index is 12.7. The van der Waals surface area contributed by atoms with Crippen LogP contribution in [0.2, 0.25) is 0 Å². The normalized spacial score (nSPS) is 17.2. The molecule has 0 spiro atoms. The van der Waals surface area contributed by atoms with Gasteiger partial charge in [0.05, 0.1) is 12.1 Å². The number of imide groups is 1. The van der Waals surface area contributed by atoms with Crippen LogP contribution in [-0.2, 0) is 16.0 Å². The first-order chi connectivity index (χ1) is 12.1. The van der Waals surface area contributed by atoms with Gasteiger partial charge in [-0.2, -0.15) is 0 Å². The SMILES string of the molecule is CCCCc1ccc(NC2CC(=O)N(c3ccc(C)cc3)C2=O)cc1. The number of rotatable bonds is 6. The molecule has 0 radical (unpaired) electrons. The lowest BCUT2D eigenvalue weighted by Gasteiger charge is -2.16. The second-order valence-electron chi connectivity index (χ2n) is 6.60. The number of unbranched alkanes of at least 4 members (excludes halogenated alkanes) is 1. The van der Waals surface area contributed by atoms with E-state index in [2.05, 4.69) is 24.4 Å². The van der Waals surface area contributed by atoms with Crippen molar-refractivity contribution in [1.82, 2.24) is 0 Å². The van der Waals surface area contributed by atoms with Crippen LogP contribution in [-0.4, -0.2) is 17.9 Å². The molecule has 3 rings (SSSR count). The third-order valence-electron chi connectivity index (χ3n) is 4.55. The van der Waals surface area contributed by atoms with Crippen molar-refractivity contribution < 1.29 is 9.59 Å². The maximum Gasteiger partial charge on any atom is 0.256 e. The Morgan fingerprint density at radius 1 is 1.04 bits per heavy atom. The highest BCUT2D eigenvalue weighted by atomic mass is 16.2. The Balaban J connectivity index is 1.68. The van der Waals surface area contributed by atoms with E-state index >= 15 is 0 Å². The smallest absolute Gasteiger partial charge is 0.256 e. The van der Waals surface area contributed by atoms with Crippen molar-refractivity contribution in [3.8, 4) is 0 Å². The molecule has 0 aliphatic carbocycles. The summed E-state index contributed by atoms with van der Waals surface area (Å²) in [6.07, 6.45) is 3.60. The first-order valence-electron chi connectivity index (χ1n) is 8.87. The monoisotopic (exact) mass is 336 g/mol. The molecule has 1 fully saturated rings. The van der Waals surface area contributed by atoms with Crippen LogP contribution in [0.25, 0.3) is 0 Å². The van der Waals surface area contributed by atoms with Gasteiger partial charge in [-0.25, -0.2) is 4.90 Å². The number of carbonyl (C=O) groups excluding carboxylic acids is 2. The molecule has 1 unspecified atom stereocenters. The van der Waals surface area contributed by atoms with Gasteiger partial charge in [-0.3, -0.25) is 9.59 Å². The number of anilines is 2. The number of nitrogens with one attached hydrogen (secondary N) is 1. The summed E-state index contributed by atoms with van der Waals surface area (Å²) in [5.41, 5.74) is 3.90. The number of hydrogen-bond acceptors (Lipinski definition) is 3. The number of aryl methyl sites for hydroxylation is 2. The molecule has 4 heteroatoms. The van der Waals surface area contributed by atoms with Gasteiger partial charge in [0, 0.05) is 5.69 Å². The summed E-state index contributed by atoms with van der Waals surface area (Å²) in [5.74, 6) is -0.352.